The van der Waals surface area contributed by atoms with E-state index in [2.05, 4.69) is 12.3 Å². The molecule has 0 aromatic carbocycles. The van der Waals surface area contributed by atoms with Crippen molar-refractivity contribution in [3.05, 3.63) is 0 Å². The highest BCUT2D eigenvalue weighted by Gasteiger charge is 2.13. The maximum atomic E-state index is 5.92. The van der Waals surface area contributed by atoms with Gasteiger partial charge in [-0.05, 0) is 19.8 Å². The van der Waals surface area contributed by atoms with E-state index in [-0.39, 0.29) is 10.7 Å². The maximum Gasteiger partial charge on any atom is 0.0124 e. The van der Waals surface area contributed by atoms with Gasteiger partial charge in [0, 0.05) is 5.25 Å². The minimum atomic E-state index is 0.112. The Bertz CT molecular complexity index is 125. The van der Waals surface area contributed by atoms with Gasteiger partial charge in [0.05, 0.1) is 0 Å². The number of rotatable bonds is 1. The zero-order valence-corrected chi connectivity index (χ0v) is 7.49. The molecule has 1 atom stereocenters. The Hall–Kier alpha value is 0.180. The second kappa shape index (κ2) is 4.14. The summed E-state index contributed by atoms with van der Waals surface area (Å²) in [5, 5.41) is 8.90. The highest BCUT2D eigenvalue weighted by Crippen LogP contribution is 2.28. The number of hydrogen-bond acceptors (Lipinski definition) is 1. The van der Waals surface area contributed by atoms with Gasteiger partial charge < -0.3 is 0 Å². The Balaban J connectivity index is 2.39. The van der Waals surface area contributed by atoms with Crippen molar-refractivity contribution in [3.63, 3.8) is 0 Å². The molecule has 0 spiro atoms. The van der Waals surface area contributed by atoms with Gasteiger partial charge in [0.15, 0.2) is 0 Å². The third kappa shape index (κ3) is 2.10. The molecule has 2 heteroatoms. The molecule has 0 bridgehead atoms. The van der Waals surface area contributed by atoms with Crippen LogP contribution in [0.2, 0.25) is 0 Å². The van der Waals surface area contributed by atoms with Crippen LogP contribution in [-0.4, -0.2) is 10.6 Å². The van der Waals surface area contributed by atoms with Crippen molar-refractivity contribution in [2.75, 3.05) is 0 Å². The van der Waals surface area contributed by atoms with Crippen molar-refractivity contribution in [2.45, 2.75) is 44.3 Å². The maximum absolute atomic E-state index is 5.92. The lowest BCUT2D eigenvalue weighted by Gasteiger charge is -2.22. The Morgan fingerprint density at radius 2 is 1.90 bits per heavy atom. The van der Waals surface area contributed by atoms with Crippen LogP contribution >= 0.6 is 10.7 Å². The van der Waals surface area contributed by atoms with Crippen molar-refractivity contribution in [1.29, 1.82) is 0 Å². The van der Waals surface area contributed by atoms with Gasteiger partial charge in [-0.2, -0.15) is 0 Å². The quantitative estimate of drug-likeness (QED) is 0.584. The lowest BCUT2D eigenvalue weighted by atomic mass is 10.0. The standard InChI is InChI=1S/C8H17NS/c1-2-10(9)8-6-4-3-5-7-8/h2,8H,3-7,9H2,1H3. The number of nitrogens with two attached hydrogens (primary N) is 1. The average molecular weight is 159 g/mol. The molecule has 1 aliphatic carbocycles. The summed E-state index contributed by atoms with van der Waals surface area (Å²) >= 11 is 0. The van der Waals surface area contributed by atoms with E-state index in [1.807, 2.05) is 0 Å². The van der Waals surface area contributed by atoms with E-state index in [1.54, 1.807) is 0 Å². The summed E-state index contributed by atoms with van der Waals surface area (Å²) in [7, 11) is 0.112. The van der Waals surface area contributed by atoms with Gasteiger partial charge in [-0.15, -0.1) is 10.7 Å². The van der Waals surface area contributed by atoms with Crippen molar-refractivity contribution in [2.24, 2.45) is 5.14 Å². The van der Waals surface area contributed by atoms with Gasteiger partial charge in [0.25, 0.3) is 0 Å². The van der Waals surface area contributed by atoms with Crippen LogP contribution in [0.1, 0.15) is 39.0 Å². The van der Waals surface area contributed by atoms with E-state index in [1.165, 1.54) is 32.1 Å². The summed E-state index contributed by atoms with van der Waals surface area (Å²) in [6, 6.07) is 0. The zero-order valence-electron chi connectivity index (χ0n) is 6.68. The van der Waals surface area contributed by atoms with Crippen LogP contribution in [-0.2, 0) is 0 Å². The van der Waals surface area contributed by atoms with Crippen LogP contribution in [0.3, 0.4) is 0 Å². The Kier molecular flexibility index (Phi) is 3.43. The van der Waals surface area contributed by atoms with Crippen molar-refractivity contribution in [3.8, 4) is 0 Å². The van der Waals surface area contributed by atoms with E-state index in [9.17, 15) is 0 Å². The van der Waals surface area contributed by atoms with E-state index in [4.69, 9.17) is 5.14 Å². The molecule has 1 nitrogen and oxygen atoms in total. The number of hydrogen-bond donors (Lipinski definition) is 1. The molecule has 10 heavy (non-hydrogen) atoms. The first-order valence-corrected chi connectivity index (χ1v) is 5.52. The summed E-state index contributed by atoms with van der Waals surface area (Å²) in [6.45, 7) is 2.08. The Morgan fingerprint density at radius 1 is 1.30 bits per heavy atom. The Labute approximate surface area is 66.1 Å². The fourth-order valence-electron chi connectivity index (χ4n) is 1.53. The van der Waals surface area contributed by atoms with Crippen molar-refractivity contribution >= 4 is 16.0 Å². The minimum absolute atomic E-state index is 0.112. The van der Waals surface area contributed by atoms with E-state index < -0.39 is 0 Å². The molecule has 1 unspecified atom stereocenters. The van der Waals surface area contributed by atoms with Crippen molar-refractivity contribution in [1.82, 2.24) is 0 Å². The highest BCUT2D eigenvalue weighted by atomic mass is 32.2. The molecule has 0 amide bonds. The largest absolute Gasteiger partial charge is 0.283 e. The first-order chi connectivity index (χ1) is 4.84. The van der Waals surface area contributed by atoms with Gasteiger partial charge in [-0.3, -0.25) is 5.14 Å². The van der Waals surface area contributed by atoms with Crippen LogP contribution in [0, 0.1) is 0 Å². The fourth-order valence-corrected chi connectivity index (χ4v) is 2.79. The first kappa shape index (κ1) is 8.28. The van der Waals surface area contributed by atoms with Crippen LogP contribution in [0.4, 0.5) is 0 Å². The molecule has 0 aliphatic heterocycles. The lowest BCUT2D eigenvalue weighted by molar-refractivity contribution is 0.516. The predicted molar refractivity (Wildman–Crippen MR) is 50.4 cm³/mol. The summed E-state index contributed by atoms with van der Waals surface area (Å²) in [5.74, 6) is 0. The molecule has 1 saturated carbocycles. The smallest absolute Gasteiger partial charge is 0.0124 e. The first-order valence-electron chi connectivity index (χ1n) is 4.10. The van der Waals surface area contributed by atoms with Crippen molar-refractivity contribution < 1.29 is 0 Å². The molecule has 0 saturated heterocycles. The third-order valence-electron chi connectivity index (χ3n) is 2.21. The lowest BCUT2D eigenvalue weighted by Crippen LogP contribution is -2.13. The topological polar surface area (TPSA) is 26.0 Å². The molecule has 1 aliphatic rings. The summed E-state index contributed by atoms with van der Waals surface area (Å²) in [4.78, 5) is 0. The summed E-state index contributed by atoms with van der Waals surface area (Å²) < 4.78 is 0. The van der Waals surface area contributed by atoms with Crippen LogP contribution < -0.4 is 5.14 Å². The van der Waals surface area contributed by atoms with Gasteiger partial charge >= 0.3 is 0 Å². The average Bonchev–Trinajstić information content (AvgIpc) is 2.05. The summed E-state index contributed by atoms with van der Waals surface area (Å²) in [5.41, 5.74) is 0. The predicted octanol–water partition coefficient (Wildman–Crippen LogP) is 2.28. The second-order valence-corrected chi connectivity index (χ2v) is 4.86. The van der Waals surface area contributed by atoms with E-state index >= 15 is 0 Å². The van der Waals surface area contributed by atoms with Gasteiger partial charge in [0.2, 0.25) is 0 Å². The normalized spacial score (nSPS) is 25.0. The minimum Gasteiger partial charge on any atom is -0.283 e. The van der Waals surface area contributed by atoms with Gasteiger partial charge in [-0.25, -0.2) is 0 Å². The molecule has 60 valence electrons. The summed E-state index contributed by atoms with van der Waals surface area (Å²) in [6.07, 6.45) is 6.96. The third-order valence-corrected chi connectivity index (χ3v) is 3.99. The zero-order chi connectivity index (χ0) is 7.40. The fraction of sp³-hybridized carbons (Fsp3) is 0.875. The van der Waals surface area contributed by atoms with E-state index in [0.717, 1.165) is 5.25 Å². The van der Waals surface area contributed by atoms with Crippen LogP contribution in [0.25, 0.3) is 0 Å². The molecule has 0 aromatic rings. The second-order valence-electron chi connectivity index (χ2n) is 2.90. The highest BCUT2D eigenvalue weighted by molar-refractivity contribution is 8.13. The molecule has 1 fully saturated rings. The van der Waals surface area contributed by atoms with Gasteiger partial charge in [0.1, 0.15) is 0 Å². The molecule has 0 radical (unpaired) electrons. The molecule has 1 rings (SSSR count). The Morgan fingerprint density at radius 3 is 2.40 bits per heavy atom. The van der Waals surface area contributed by atoms with E-state index in [0.29, 0.717) is 0 Å². The molecule has 0 aromatic heterocycles. The molecule has 2 N–H and O–H groups in total. The monoisotopic (exact) mass is 159 g/mol. The SMILES string of the molecule is C/C=S(/N)C1CCCCC1. The molecule has 0 heterocycles. The molecular formula is C8H17NS. The van der Waals surface area contributed by atoms with Crippen LogP contribution in [0.5, 0.6) is 0 Å². The van der Waals surface area contributed by atoms with Crippen LogP contribution in [0.15, 0.2) is 0 Å². The van der Waals surface area contributed by atoms with Gasteiger partial charge in [-0.1, -0.05) is 24.6 Å². The molecular weight excluding hydrogens is 142 g/mol.